The first-order chi connectivity index (χ1) is 17.9. The molecule has 2 saturated heterocycles. The maximum Gasteiger partial charge on any atom is 0.264 e. The van der Waals surface area contributed by atoms with E-state index in [2.05, 4.69) is 0 Å². The first-order valence-corrected chi connectivity index (χ1v) is 15.2. The number of hydrogen-bond donors (Lipinski definition) is 0. The van der Waals surface area contributed by atoms with Crippen molar-refractivity contribution in [2.24, 2.45) is 5.41 Å². The van der Waals surface area contributed by atoms with Crippen LogP contribution in [0.25, 0.3) is 6.08 Å². The maximum absolute atomic E-state index is 13.6. The summed E-state index contributed by atoms with van der Waals surface area (Å²) in [6.07, 6.45) is 10.5. The SMILES string of the molecule is CCOc1ccccc1/C=C/C(=O)N1CCC2(CC1)CCN(C(=O)c1sc(SC)c3c1CCCC3=O)C2. The second-order valence-corrected chi connectivity index (χ2v) is 12.3. The summed E-state index contributed by atoms with van der Waals surface area (Å²) < 4.78 is 6.64. The monoisotopic (exact) mass is 538 g/mol. The summed E-state index contributed by atoms with van der Waals surface area (Å²) in [5, 5.41) is 0. The van der Waals surface area contributed by atoms with Crippen molar-refractivity contribution >= 4 is 46.8 Å². The Bertz CT molecular complexity index is 1230. The van der Waals surface area contributed by atoms with Crippen LogP contribution < -0.4 is 4.74 Å². The van der Waals surface area contributed by atoms with Crippen molar-refractivity contribution in [3.05, 3.63) is 51.9 Å². The molecule has 1 aliphatic carbocycles. The van der Waals surface area contributed by atoms with E-state index in [4.69, 9.17) is 4.74 Å². The maximum atomic E-state index is 13.6. The van der Waals surface area contributed by atoms with E-state index in [0.717, 1.165) is 76.7 Å². The van der Waals surface area contributed by atoms with Crippen LogP contribution in [0.1, 0.15) is 70.2 Å². The summed E-state index contributed by atoms with van der Waals surface area (Å²) in [4.78, 5) is 43.7. The summed E-state index contributed by atoms with van der Waals surface area (Å²) in [7, 11) is 0. The number of likely N-dealkylation sites (tertiary alicyclic amines) is 2. The number of carbonyl (C=O) groups excluding carboxylic acids is 3. The molecular weight excluding hydrogens is 504 g/mol. The van der Waals surface area contributed by atoms with Crippen LogP contribution in [-0.2, 0) is 11.2 Å². The van der Waals surface area contributed by atoms with Crippen molar-refractivity contribution in [3.8, 4) is 5.75 Å². The Labute approximate surface area is 227 Å². The van der Waals surface area contributed by atoms with Crippen molar-refractivity contribution in [2.45, 2.75) is 49.7 Å². The fourth-order valence-electron chi connectivity index (χ4n) is 5.86. The molecule has 196 valence electrons. The number of hydrogen-bond acceptors (Lipinski definition) is 6. The van der Waals surface area contributed by atoms with E-state index in [-0.39, 0.29) is 23.0 Å². The molecule has 1 aromatic heterocycles. The Hall–Kier alpha value is -2.58. The molecule has 1 aromatic carbocycles. The zero-order valence-electron chi connectivity index (χ0n) is 21.6. The molecule has 5 rings (SSSR count). The van der Waals surface area contributed by atoms with Crippen LogP contribution >= 0.6 is 23.1 Å². The van der Waals surface area contributed by atoms with E-state index >= 15 is 0 Å². The number of benzene rings is 1. The third-order valence-corrected chi connectivity index (χ3v) is 10.3. The molecule has 0 saturated carbocycles. The largest absolute Gasteiger partial charge is 0.493 e. The van der Waals surface area contributed by atoms with Gasteiger partial charge in [-0.15, -0.1) is 23.1 Å². The van der Waals surface area contributed by atoms with E-state index < -0.39 is 0 Å². The lowest BCUT2D eigenvalue weighted by Crippen LogP contribution is -2.44. The molecule has 0 N–H and O–H groups in total. The Morgan fingerprint density at radius 1 is 1.11 bits per heavy atom. The Balaban J connectivity index is 1.21. The van der Waals surface area contributed by atoms with Crippen LogP contribution in [0, 0.1) is 5.41 Å². The third kappa shape index (κ3) is 5.23. The summed E-state index contributed by atoms with van der Waals surface area (Å²) in [6.45, 7) is 5.42. The Morgan fingerprint density at radius 3 is 2.57 bits per heavy atom. The van der Waals surface area contributed by atoms with Gasteiger partial charge < -0.3 is 14.5 Å². The minimum Gasteiger partial charge on any atom is -0.493 e. The number of piperidine rings is 1. The average Bonchev–Trinajstić information content (AvgIpc) is 3.51. The topological polar surface area (TPSA) is 66.9 Å². The quantitative estimate of drug-likeness (QED) is 0.356. The van der Waals surface area contributed by atoms with E-state index in [1.54, 1.807) is 17.8 Å². The number of para-hydroxylation sites is 1. The summed E-state index contributed by atoms with van der Waals surface area (Å²) in [5.41, 5.74) is 2.77. The second-order valence-electron chi connectivity index (χ2n) is 10.2. The van der Waals surface area contributed by atoms with Gasteiger partial charge in [0.25, 0.3) is 5.91 Å². The molecule has 1 spiro atoms. The first-order valence-electron chi connectivity index (χ1n) is 13.2. The number of thioether (sulfide) groups is 1. The number of fused-ring (bicyclic) bond motifs is 1. The van der Waals surface area contributed by atoms with Crippen molar-refractivity contribution in [1.82, 2.24) is 9.80 Å². The number of ether oxygens (including phenoxy) is 1. The van der Waals surface area contributed by atoms with E-state index in [1.807, 2.05) is 53.3 Å². The first kappa shape index (κ1) is 26.0. The third-order valence-electron chi connectivity index (χ3n) is 7.95. The molecule has 6 nitrogen and oxygen atoms in total. The van der Waals surface area contributed by atoms with Crippen molar-refractivity contribution < 1.29 is 19.1 Å². The predicted octanol–water partition coefficient (Wildman–Crippen LogP) is 5.56. The molecule has 2 fully saturated rings. The number of rotatable bonds is 6. The molecule has 37 heavy (non-hydrogen) atoms. The van der Waals surface area contributed by atoms with E-state index in [9.17, 15) is 14.4 Å². The molecule has 3 heterocycles. The normalized spacial score (nSPS) is 19.0. The molecule has 0 unspecified atom stereocenters. The lowest BCUT2D eigenvalue weighted by molar-refractivity contribution is -0.128. The van der Waals surface area contributed by atoms with Crippen LogP contribution in [0.2, 0.25) is 0 Å². The van der Waals surface area contributed by atoms with Crippen LogP contribution in [0.15, 0.2) is 34.6 Å². The fourth-order valence-corrected chi connectivity index (χ4v) is 7.96. The molecule has 3 aliphatic rings. The van der Waals surface area contributed by atoms with Crippen LogP contribution in [-0.4, -0.2) is 66.4 Å². The highest BCUT2D eigenvalue weighted by Gasteiger charge is 2.43. The van der Waals surface area contributed by atoms with Gasteiger partial charge in [0.15, 0.2) is 5.78 Å². The van der Waals surface area contributed by atoms with Gasteiger partial charge in [0.1, 0.15) is 5.75 Å². The van der Waals surface area contributed by atoms with Crippen molar-refractivity contribution in [3.63, 3.8) is 0 Å². The summed E-state index contributed by atoms with van der Waals surface area (Å²) in [6, 6.07) is 7.73. The molecule has 0 atom stereocenters. The van der Waals surface area contributed by atoms with Gasteiger partial charge >= 0.3 is 0 Å². The number of ketones is 1. The molecule has 2 aromatic rings. The van der Waals surface area contributed by atoms with E-state index in [0.29, 0.717) is 26.1 Å². The lowest BCUT2D eigenvalue weighted by Gasteiger charge is -2.39. The predicted molar refractivity (Wildman–Crippen MR) is 149 cm³/mol. The molecule has 2 aliphatic heterocycles. The lowest BCUT2D eigenvalue weighted by atomic mass is 9.78. The van der Waals surface area contributed by atoms with Gasteiger partial charge in [-0.2, -0.15) is 0 Å². The zero-order valence-corrected chi connectivity index (χ0v) is 23.2. The van der Waals surface area contributed by atoms with Crippen LogP contribution in [0.4, 0.5) is 0 Å². The van der Waals surface area contributed by atoms with Gasteiger partial charge in [-0.3, -0.25) is 14.4 Å². The van der Waals surface area contributed by atoms with Crippen LogP contribution in [0.3, 0.4) is 0 Å². The number of Topliss-reactive ketones (excluding diaryl/α,β-unsaturated/α-hetero) is 1. The van der Waals surface area contributed by atoms with Crippen molar-refractivity contribution in [1.29, 1.82) is 0 Å². The number of carbonyl (C=O) groups is 3. The van der Waals surface area contributed by atoms with E-state index in [1.165, 1.54) is 11.3 Å². The summed E-state index contributed by atoms with van der Waals surface area (Å²) in [5.74, 6) is 1.07. The van der Waals surface area contributed by atoms with Gasteiger partial charge in [-0.05, 0) is 68.4 Å². The highest BCUT2D eigenvalue weighted by Crippen LogP contribution is 2.44. The van der Waals surface area contributed by atoms with Gasteiger partial charge in [-0.25, -0.2) is 0 Å². The highest BCUT2D eigenvalue weighted by atomic mass is 32.2. The zero-order chi connectivity index (χ0) is 26.0. The minimum absolute atomic E-state index is 0.0200. The Kier molecular flexibility index (Phi) is 7.77. The molecule has 2 amide bonds. The van der Waals surface area contributed by atoms with Crippen LogP contribution in [0.5, 0.6) is 5.75 Å². The van der Waals surface area contributed by atoms with Gasteiger partial charge in [0.05, 0.1) is 15.7 Å². The number of nitrogens with zero attached hydrogens (tertiary/aromatic N) is 2. The molecular formula is C29H34N2O4S2. The van der Waals surface area contributed by atoms with Gasteiger partial charge in [-0.1, -0.05) is 18.2 Å². The number of amides is 2. The molecule has 0 radical (unpaired) electrons. The summed E-state index contributed by atoms with van der Waals surface area (Å²) >= 11 is 3.08. The average molecular weight is 539 g/mol. The second kappa shape index (κ2) is 11.0. The number of thiophene rings is 1. The smallest absolute Gasteiger partial charge is 0.264 e. The standard InChI is InChI=1S/C29H34N2O4S2/c1-3-35-23-10-5-4-7-20(23)11-12-24(33)30-16-13-29(14-17-30)15-18-31(19-29)27(34)26-21-8-6-9-22(32)25(21)28(36-2)37-26/h4-5,7,10-12H,3,6,8-9,13-19H2,1-2H3/b12-11+. The van der Waals surface area contributed by atoms with Crippen molar-refractivity contribution in [2.75, 3.05) is 39.0 Å². The van der Waals surface area contributed by atoms with Gasteiger partial charge in [0, 0.05) is 49.8 Å². The molecule has 8 heteroatoms. The Morgan fingerprint density at radius 2 is 1.84 bits per heavy atom. The fraction of sp³-hybridized carbons (Fsp3) is 0.483. The highest BCUT2D eigenvalue weighted by molar-refractivity contribution is 8.00. The minimum atomic E-state index is 0.0200. The van der Waals surface area contributed by atoms with Gasteiger partial charge in [0.2, 0.25) is 5.91 Å². The molecule has 0 bridgehead atoms.